The molecule has 2 aromatic heterocycles. The molecular formula is C19H14FN3O. The Balaban J connectivity index is 1.76. The van der Waals surface area contributed by atoms with Crippen molar-refractivity contribution in [2.24, 2.45) is 0 Å². The second-order valence-corrected chi connectivity index (χ2v) is 5.58. The van der Waals surface area contributed by atoms with Gasteiger partial charge in [-0.05, 0) is 35.9 Å². The molecule has 0 spiro atoms. The van der Waals surface area contributed by atoms with Gasteiger partial charge in [-0.2, -0.15) is 5.10 Å². The highest BCUT2D eigenvalue weighted by atomic mass is 19.1. The van der Waals surface area contributed by atoms with E-state index in [1.165, 1.54) is 12.1 Å². The lowest BCUT2D eigenvalue weighted by molar-refractivity contribution is 0.628. The number of fused-ring (bicyclic) bond motifs is 1. The number of rotatable bonds is 3. The maximum absolute atomic E-state index is 13.1. The summed E-state index contributed by atoms with van der Waals surface area (Å²) in [5.74, 6) is -0.298. The molecule has 118 valence electrons. The highest BCUT2D eigenvalue weighted by Gasteiger charge is 2.09. The summed E-state index contributed by atoms with van der Waals surface area (Å²) in [4.78, 5) is 12.7. The third-order valence-corrected chi connectivity index (χ3v) is 3.94. The number of benzene rings is 2. The molecule has 0 saturated carbocycles. The number of aromatic nitrogens is 3. The fourth-order valence-electron chi connectivity index (χ4n) is 2.69. The molecule has 2 heterocycles. The molecule has 0 unspecified atom stereocenters. The number of hydrogen-bond donors (Lipinski definition) is 0. The maximum atomic E-state index is 13.1. The van der Waals surface area contributed by atoms with Crippen LogP contribution in [0.25, 0.3) is 16.8 Å². The molecule has 5 heteroatoms. The molecule has 4 nitrogen and oxygen atoms in total. The molecule has 4 aromatic rings. The van der Waals surface area contributed by atoms with E-state index in [1.54, 1.807) is 39.7 Å². The first-order valence-electron chi connectivity index (χ1n) is 7.59. The quantitative estimate of drug-likeness (QED) is 0.581. The number of nitrogens with zero attached hydrogens (tertiary/aromatic N) is 3. The first kappa shape index (κ1) is 14.4. The lowest BCUT2D eigenvalue weighted by Gasteiger charge is -2.05. The molecular weight excluding hydrogens is 305 g/mol. The standard InChI is InChI=1S/C19H14FN3O/c20-16-8-6-15(7-9-16)17-12-18-19(24)22(10-11-23(18)21-17)13-14-4-2-1-3-5-14/h1-12H,13H2. The minimum Gasteiger partial charge on any atom is -0.308 e. The Hall–Kier alpha value is -3.21. The van der Waals surface area contributed by atoms with E-state index in [9.17, 15) is 9.18 Å². The zero-order valence-corrected chi connectivity index (χ0v) is 12.8. The minimum absolute atomic E-state index is 0.109. The van der Waals surface area contributed by atoms with Gasteiger partial charge in [0.1, 0.15) is 11.3 Å². The van der Waals surface area contributed by atoms with Gasteiger partial charge in [0, 0.05) is 18.0 Å². The van der Waals surface area contributed by atoms with Crippen LogP contribution in [0.2, 0.25) is 0 Å². The Morgan fingerprint density at radius 2 is 1.71 bits per heavy atom. The van der Waals surface area contributed by atoms with Crippen LogP contribution in [0.4, 0.5) is 4.39 Å². The molecule has 4 rings (SSSR count). The second-order valence-electron chi connectivity index (χ2n) is 5.58. The number of hydrogen-bond acceptors (Lipinski definition) is 2. The molecule has 0 aliphatic rings. The van der Waals surface area contributed by atoms with E-state index in [0.29, 0.717) is 17.8 Å². The van der Waals surface area contributed by atoms with E-state index in [2.05, 4.69) is 5.10 Å². The molecule has 0 aliphatic heterocycles. The molecule has 0 radical (unpaired) electrons. The van der Waals surface area contributed by atoms with Crippen LogP contribution in [0.5, 0.6) is 0 Å². The van der Waals surface area contributed by atoms with Crippen LogP contribution in [0.3, 0.4) is 0 Å². The lowest BCUT2D eigenvalue weighted by Crippen LogP contribution is -2.21. The van der Waals surface area contributed by atoms with Crippen LogP contribution in [0.1, 0.15) is 5.56 Å². The van der Waals surface area contributed by atoms with Gasteiger partial charge >= 0.3 is 0 Å². The van der Waals surface area contributed by atoms with Crippen LogP contribution in [0.15, 0.2) is 77.9 Å². The average molecular weight is 319 g/mol. The maximum Gasteiger partial charge on any atom is 0.276 e. The largest absolute Gasteiger partial charge is 0.308 e. The molecule has 0 aliphatic carbocycles. The molecule has 0 N–H and O–H groups in total. The Morgan fingerprint density at radius 3 is 2.46 bits per heavy atom. The summed E-state index contributed by atoms with van der Waals surface area (Å²) >= 11 is 0. The van der Waals surface area contributed by atoms with Crippen molar-refractivity contribution in [2.45, 2.75) is 6.54 Å². The summed E-state index contributed by atoms with van der Waals surface area (Å²) in [7, 11) is 0. The van der Waals surface area contributed by atoms with E-state index >= 15 is 0 Å². The highest BCUT2D eigenvalue weighted by molar-refractivity contribution is 5.65. The molecule has 24 heavy (non-hydrogen) atoms. The van der Waals surface area contributed by atoms with Gasteiger partial charge in [-0.3, -0.25) is 4.79 Å². The summed E-state index contributed by atoms with van der Waals surface area (Å²) in [6.45, 7) is 0.507. The third kappa shape index (κ3) is 2.60. The minimum atomic E-state index is -0.298. The van der Waals surface area contributed by atoms with Crippen LogP contribution < -0.4 is 5.56 Å². The van der Waals surface area contributed by atoms with Gasteiger partial charge < -0.3 is 4.57 Å². The summed E-state index contributed by atoms with van der Waals surface area (Å²) in [5, 5.41) is 4.40. The third-order valence-electron chi connectivity index (χ3n) is 3.94. The van der Waals surface area contributed by atoms with Crippen LogP contribution in [-0.4, -0.2) is 14.2 Å². The van der Waals surface area contributed by atoms with Crippen molar-refractivity contribution >= 4 is 5.52 Å². The second kappa shape index (κ2) is 5.77. The van der Waals surface area contributed by atoms with Crippen LogP contribution in [-0.2, 0) is 6.54 Å². The van der Waals surface area contributed by atoms with Crippen molar-refractivity contribution < 1.29 is 4.39 Å². The van der Waals surface area contributed by atoms with E-state index in [0.717, 1.165) is 11.1 Å². The first-order chi connectivity index (χ1) is 11.7. The van der Waals surface area contributed by atoms with Crippen molar-refractivity contribution in [1.82, 2.24) is 14.2 Å². The summed E-state index contributed by atoms with van der Waals surface area (Å²) in [6, 6.07) is 17.6. The van der Waals surface area contributed by atoms with Crippen LogP contribution in [0, 0.1) is 5.82 Å². The van der Waals surface area contributed by atoms with Crippen molar-refractivity contribution in [3.05, 3.63) is 94.8 Å². The van der Waals surface area contributed by atoms with E-state index in [1.807, 2.05) is 30.3 Å². The predicted octanol–water partition coefficient (Wildman–Crippen LogP) is 3.35. The van der Waals surface area contributed by atoms with Crippen molar-refractivity contribution in [3.63, 3.8) is 0 Å². The van der Waals surface area contributed by atoms with Gasteiger partial charge in [-0.15, -0.1) is 0 Å². The Morgan fingerprint density at radius 1 is 0.958 bits per heavy atom. The van der Waals surface area contributed by atoms with Gasteiger partial charge in [-0.25, -0.2) is 8.91 Å². The fraction of sp³-hybridized carbons (Fsp3) is 0.0526. The van der Waals surface area contributed by atoms with Crippen molar-refractivity contribution in [2.75, 3.05) is 0 Å². The predicted molar refractivity (Wildman–Crippen MR) is 90.4 cm³/mol. The zero-order valence-electron chi connectivity index (χ0n) is 12.8. The van der Waals surface area contributed by atoms with Crippen molar-refractivity contribution in [1.29, 1.82) is 0 Å². The van der Waals surface area contributed by atoms with Gasteiger partial charge in [0.05, 0.1) is 12.2 Å². The van der Waals surface area contributed by atoms with Gasteiger partial charge in [0.15, 0.2) is 0 Å². The molecule has 2 aromatic carbocycles. The Kier molecular flexibility index (Phi) is 3.46. The normalized spacial score (nSPS) is 11.0. The van der Waals surface area contributed by atoms with Crippen LogP contribution >= 0.6 is 0 Å². The van der Waals surface area contributed by atoms with Gasteiger partial charge in [-0.1, -0.05) is 30.3 Å². The highest BCUT2D eigenvalue weighted by Crippen LogP contribution is 2.18. The summed E-state index contributed by atoms with van der Waals surface area (Å²) < 4.78 is 16.3. The smallest absolute Gasteiger partial charge is 0.276 e. The van der Waals surface area contributed by atoms with Crippen molar-refractivity contribution in [3.8, 4) is 11.3 Å². The van der Waals surface area contributed by atoms with E-state index < -0.39 is 0 Å². The zero-order chi connectivity index (χ0) is 16.5. The molecule has 0 amide bonds. The monoisotopic (exact) mass is 319 g/mol. The molecule has 0 saturated heterocycles. The summed E-state index contributed by atoms with van der Waals surface area (Å²) in [5.41, 5.74) is 2.86. The molecule has 0 atom stereocenters. The Labute approximate surface area is 137 Å². The average Bonchev–Trinajstić information content (AvgIpc) is 3.04. The van der Waals surface area contributed by atoms with Gasteiger partial charge in [0.25, 0.3) is 5.56 Å². The SMILES string of the molecule is O=c1c2cc(-c3ccc(F)cc3)nn2ccn1Cc1ccccc1. The fourth-order valence-corrected chi connectivity index (χ4v) is 2.69. The first-order valence-corrected chi connectivity index (χ1v) is 7.59. The molecule has 0 bridgehead atoms. The lowest BCUT2D eigenvalue weighted by atomic mass is 10.1. The molecule has 0 fully saturated rings. The summed E-state index contributed by atoms with van der Waals surface area (Å²) in [6.07, 6.45) is 3.48. The van der Waals surface area contributed by atoms with Gasteiger partial charge in [0.2, 0.25) is 0 Å². The number of halogens is 1. The van der Waals surface area contributed by atoms with E-state index in [4.69, 9.17) is 0 Å². The topological polar surface area (TPSA) is 39.3 Å². The van der Waals surface area contributed by atoms with E-state index in [-0.39, 0.29) is 11.4 Å². The Bertz CT molecular complexity index is 1050.